The number of para-hydroxylation sites is 1. The zero-order valence-corrected chi connectivity index (χ0v) is 15.0. The van der Waals surface area contributed by atoms with Gasteiger partial charge in [-0.05, 0) is 42.5 Å². The molecule has 2 aromatic carbocycles. The first-order valence-corrected chi connectivity index (χ1v) is 8.57. The number of ether oxygens (including phenoxy) is 2. The molecule has 2 N–H and O–H groups in total. The van der Waals surface area contributed by atoms with Gasteiger partial charge in [0, 0.05) is 24.6 Å². The third-order valence-corrected chi connectivity index (χ3v) is 3.79. The third kappa shape index (κ3) is 5.47. The Hall–Kier alpha value is -3.54. The van der Waals surface area contributed by atoms with Crippen molar-refractivity contribution in [2.45, 2.75) is 0 Å². The molecule has 0 aliphatic carbocycles. The number of amides is 1. The fraction of sp³-hybridized carbons (Fsp3) is 0.143. The molecular formula is C21H21N3O3. The molecule has 138 valence electrons. The molecule has 0 radical (unpaired) electrons. The van der Waals surface area contributed by atoms with Gasteiger partial charge in [0.25, 0.3) is 5.91 Å². The number of hydrogen-bond acceptors (Lipinski definition) is 5. The van der Waals surface area contributed by atoms with Gasteiger partial charge in [-0.1, -0.05) is 18.2 Å². The number of hydrogen-bond donors (Lipinski definition) is 2. The van der Waals surface area contributed by atoms with E-state index in [1.807, 2.05) is 54.6 Å². The van der Waals surface area contributed by atoms with E-state index in [0.29, 0.717) is 18.7 Å². The van der Waals surface area contributed by atoms with Gasteiger partial charge in [0.15, 0.2) is 0 Å². The number of anilines is 2. The standard InChI is InChI=1S/C21H21N3O3/c1-26-19-7-9-20(10-8-19)27-12-11-23-18-13-16(14-22-15-18)21(25)24-17-5-3-2-4-6-17/h2-10,13-15,23H,11-12H2,1H3,(H,24,25). The van der Waals surface area contributed by atoms with Crippen molar-refractivity contribution in [1.29, 1.82) is 0 Å². The minimum Gasteiger partial charge on any atom is -0.497 e. The van der Waals surface area contributed by atoms with Crippen LogP contribution >= 0.6 is 0 Å². The maximum absolute atomic E-state index is 12.3. The topological polar surface area (TPSA) is 72.5 Å². The van der Waals surface area contributed by atoms with Gasteiger partial charge in [0.2, 0.25) is 0 Å². The maximum Gasteiger partial charge on any atom is 0.257 e. The maximum atomic E-state index is 12.3. The van der Waals surface area contributed by atoms with Crippen molar-refractivity contribution in [1.82, 2.24) is 4.98 Å². The summed E-state index contributed by atoms with van der Waals surface area (Å²) in [6.07, 6.45) is 3.21. The zero-order valence-electron chi connectivity index (χ0n) is 15.0. The second kappa shape index (κ2) is 9.24. The number of aromatic nitrogens is 1. The average molecular weight is 363 g/mol. The predicted molar refractivity (Wildman–Crippen MR) is 106 cm³/mol. The molecule has 3 rings (SSSR count). The first-order valence-electron chi connectivity index (χ1n) is 8.57. The minimum atomic E-state index is -0.202. The molecule has 1 aromatic heterocycles. The van der Waals surface area contributed by atoms with Crippen LogP contribution in [0.2, 0.25) is 0 Å². The second-order valence-electron chi connectivity index (χ2n) is 5.73. The van der Waals surface area contributed by atoms with Crippen LogP contribution in [0, 0.1) is 0 Å². The smallest absolute Gasteiger partial charge is 0.257 e. The number of carbonyl (C=O) groups is 1. The Morgan fingerprint density at radius 3 is 2.44 bits per heavy atom. The molecule has 1 heterocycles. The van der Waals surface area contributed by atoms with Gasteiger partial charge >= 0.3 is 0 Å². The van der Waals surface area contributed by atoms with Crippen molar-refractivity contribution in [3.63, 3.8) is 0 Å². The van der Waals surface area contributed by atoms with Crippen molar-refractivity contribution in [3.05, 3.63) is 78.6 Å². The Bertz CT molecular complexity index is 867. The quantitative estimate of drug-likeness (QED) is 0.595. The van der Waals surface area contributed by atoms with Crippen LogP contribution in [-0.2, 0) is 0 Å². The highest BCUT2D eigenvalue weighted by atomic mass is 16.5. The summed E-state index contributed by atoms with van der Waals surface area (Å²) in [6, 6.07) is 18.5. The molecule has 0 bridgehead atoms. The Labute approximate surface area is 158 Å². The normalized spacial score (nSPS) is 10.1. The number of pyridine rings is 1. The van der Waals surface area contributed by atoms with E-state index in [1.54, 1.807) is 19.4 Å². The molecule has 0 saturated heterocycles. The van der Waals surface area contributed by atoms with E-state index < -0.39 is 0 Å². The Morgan fingerprint density at radius 1 is 0.963 bits per heavy atom. The molecular weight excluding hydrogens is 342 g/mol. The summed E-state index contributed by atoms with van der Waals surface area (Å²) in [4.78, 5) is 16.4. The molecule has 6 heteroatoms. The molecule has 0 fully saturated rings. The summed E-state index contributed by atoms with van der Waals surface area (Å²) >= 11 is 0. The van der Waals surface area contributed by atoms with E-state index in [9.17, 15) is 4.79 Å². The molecule has 1 amide bonds. The van der Waals surface area contributed by atoms with Crippen molar-refractivity contribution in [3.8, 4) is 11.5 Å². The number of rotatable bonds is 8. The molecule has 27 heavy (non-hydrogen) atoms. The van der Waals surface area contributed by atoms with Crippen LogP contribution in [0.15, 0.2) is 73.1 Å². The van der Waals surface area contributed by atoms with Gasteiger partial charge in [-0.2, -0.15) is 0 Å². The minimum absolute atomic E-state index is 0.202. The Balaban J connectivity index is 1.49. The first-order chi connectivity index (χ1) is 13.2. The van der Waals surface area contributed by atoms with Crippen molar-refractivity contribution in [2.24, 2.45) is 0 Å². The second-order valence-corrected chi connectivity index (χ2v) is 5.73. The number of benzene rings is 2. The van der Waals surface area contributed by atoms with E-state index in [2.05, 4.69) is 15.6 Å². The Morgan fingerprint density at radius 2 is 1.70 bits per heavy atom. The van der Waals surface area contributed by atoms with Crippen molar-refractivity contribution < 1.29 is 14.3 Å². The van der Waals surface area contributed by atoms with E-state index in [4.69, 9.17) is 9.47 Å². The highest BCUT2D eigenvalue weighted by Crippen LogP contribution is 2.17. The van der Waals surface area contributed by atoms with Gasteiger partial charge in [-0.15, -0.1) is 0 Å². The molecule has 3 aromatic rings. The van der Waals surface area contributed by atoms with Crippen LogP contribution in [-0.4, -0.2) is 31.2 Å². The summed E-state index contributed by atoms with van der Waals surface area (Å²) in [5.74, 6) is 1.36. The summed E-state index contributed by atoms with van der Waals surface area (Å²) in [5, 5.41) is 6.05. The largest absolute Gasteiger partial charge is 0.497 e. The van der Waals surface area contributed by atoms with E-state index in [-0.39, 0.29) is 5.91 Å². The third-order valence-electron chi connectivity index (χ3n) is 3.79. The predicted octanol–water partition coefficient (Wildman–Crippen LogP) is 3.83. The summed E-state index contributed by atoms with van der Waals surface area (Å²) in [6.45, 7) is 1.06. The van der Waals surface area contributed by atoms with Gasteiger partial charge in [-0.3, -0.25) is 9.78 Å². The van der Waals surface area contributed by atoms with Gasteiger partial charge in [-0.25, -0.2) is 0 Å². The fourth-order valence-electron chi connectivity index (χ4n) is 2.42. The number of nitrogens with one attached hydrogen (secondary N) is 2. The molecule has 0 saturated carbocycles. The lowest BCUT2D eigenvalue weighted by Gasteiger charge is -2.10. The summed E-state index contributed by atoms with van der Waals surface area (Å²) in [7, 11) is 1.63. The summed E-state index contributed by atoms with van der Waals surface area (Å²) < 4.78 is 10.8. The lowest BCUT2D eigenvalue weighted by molar-refractivity contribution is 0.102. The zero-order chi connectivity index (χ0) is 18.9. The molecule has 6 nitrogen and oxygen atoms in total. The van der Waals surface area contributed by atoms with Gasteiger partial charge < -0.3 is 20.1 Å². The van der Waals surface area contributed by atoms with Crippen molar-refractivity contribution in [2.75, 3.05) is 30.9 Å². The number of methoxy groups -OCH3 is 1. The molecule has 0 spiro atoms. The molecule has 0 aliphatic rings. The SMILES string of the molecule is COc1ccc(OCCNc2cncc(C(=O)Nc3ccccc3)c2)cc1. The highest BCUT2D eigenvalue weighted by molar-refractivity contribution is 6.04. The van der Waals surface area contributed by atoms with Crippen LogP contribution in [0.3, 0.4) is 0 Å². The molecule has 0 atom stereocenters. The lowest BCUT2D eigenvalue weighted by Crippen LogP contribution is -2.14. The first kappa shape index (κ1) is 18.3. The van der Waals surface area contributed by atoms with Crippen LogP contribution in [0.25, 0.3) is 0 Å². The van der Waals surface area contributed by atoms with E-state index in [1.165, 1.54) is 6.20 Å². The van der Waals surface area contributed by atoms with Crippen LogP contribution in [0.5, 0.6) is 11.5 Å². The number of nitrogens with zero attached hydrogens (tertiary/aromatic N) is 1. The molecule has 0 aliphatic heterocycles. The van der Waals surface area contributed by atoms with Gasteiger partial charge in [0.1, 0.15) is 18.1 Å². The van der Waals surface area contributed by atoms with Crippen molar-refractivity contribution >= 4 is 17.3 Å². The van der Waals surface area contributed by atoms with Crippen LogP contribution in [0.1, 0.15) is 10.4 Å². The van der Waals surface area contributed by atoms with Crippen LogP contribution in [0.4, 0.5) is 11.4 Å². The van der Waals surface area contributed by atoms with Gasteiger partial charge in [0.05, 0.1) is 18.4 Å². The lowest BCUT2D eigenvalue weighted by atomic mass is 10.2. The fourth-order valence-corrected chi connectivity index (χ4v) is 2.42. The monoisotopic (exact) mass is 363 g/mol. The van der Waals surface area contributed by atoms with Crippen LogP contribution < -0.4 is 20.1 Å². The molecule has 0 unspecified atom stereocenters. The summed E-state index contributed by atoms with van der Waals surface area (Å²) in [5.41, 5.74) is 1.99. The van der Waals surface area contributed by atoms with E-state index >= 15 is 0 Å². The van der Waals surface area contributed by atoms with E-state index in [0.717, 1.165) is 22.9 Å². The highest BCUT2D eigenvalue weighted by Gasteiger charge is 2.07. The Kier molecular flexibility index (Phi) is 6.25. The average Bonchev–Trinajstić information content (AvgIpc) is 2.72. The number of carbonyl (C=O) groups excluding carboxylic acids is 1.